The molecule has 1 rings (SSSR count). The summed E-state index contributed by atoms with van der Waals surface area (Å²) in [5.41, 5.74) is 0. The predicted octanol–water partition coefficient (Wildman–Crippen LogP) is 3.42. The summed E-state index contributed by atoms with van der Waals surface area (Å²) in [7, 11) is 0. The highest BCUT2D eigenvalue weighted by Gasteiger charge is 2.14. The fourth-order valence-electron chi connectivity index (χ4n) is 1.79. The van der Waals surface area contributed by atoms with Gasteiger partial charge in [-0.2, -0.15) is 11.8 Å². The first-order chi connectivity index (χ1) is 6.29. The van der Waals surface area contributed by atoms with Crippen molar-refractivity contribution in [3.63, 3.8) is 0 Å². The predicted molar refractivity (Wildman–Crippen MR) is 59.2 cm³/mol. The molecular weight excluding hydrogens is 180 g/mol. The maximum absolute atomic E-state index is 10.7. The van der Waals surface area contributed by atoms with Gasteiger partial charge in [0.1, 0.15) is 5.78 Å². The third kappa shape index (κ3) is 5.35. The Hall–Kier alpha value is 0.0200. The van der Waals surface area contributed by atoms with E-state index < -0.39 is 0 Å². The summed E-state index contributed by atoms with van der Waals surface area (Å²) >= 11 is 2.14. The number of Topliss-reactive ketones (excluding diaryl/α,β-unsaturated/α-hetero) is 1. The minimum absolute atomic E-state index is 0.343. The third-order valence-electron chi connectivity index (χ3n) is 2.58. The number of hydrogen-bond donors (Lipinski definition) is 0. The maximum atomic E-state index is 10.7. The van der Waals surface area contributed by atoms with Crippen LogP contribution >= 0.6 is 11.8 Å². The Labute approximate surface area is 85.7 Å². The Morgan fingerprint density at radius 1 is 1.38 bits per heavy atom. The van der Waals surface area contributed by atoms with E-state index >= 15 is 0 Å². The van der Waals surface area contributed by atoms with Gasteiger partial charge in [-0.3, -0.25) is 0 Å². The molecule has 13 heavy (non-hydrogen) atoms. The number of hydrogen-bond acceptors (Lipinski definition) is 2. The number of rotatable bonds is 6. The summed E-state index contributed by atoms with van der Waals surface area (Å²) in [5, 5.41) is 0.942. The van der Waals surface area contributed by atoms with Crippen LogP contribution < -0.4 is 0 Å². The lowest BCUT2D eigenvalue weighted by molar-refractivity contribution is -0.117. The Morgan fingerprint density at radius 2 is 2.23 bits per heavy atom. The second kappa shape index (κ2) is 6.47. The van der Waals surface area contributed by atoms with E-state index in [1.165, 1.54) is 37.9 Å². The van der Waals surface area contributed by atoms with Crippen molar-refractivity contribution in [3.05, 3.63) is 0 Å². The zero-order valence-corrected chi connectivity index (χ0v) is 9.37. The second-order valence-corrected chi connectivity index (χ2v) is 5.34. The molecule has 1 atom stereocenters. The Bertz CT molecular complexity index is 150. The second-order valence-electron chi connectivity index (χ2n) is 3.94. The van der Waals surface area contributed by atoms with Crippen LogP contribution in [0.15, 0.2) is 0 Å². The van der Waals surface area contributed by atoms with Crippen molar-refractivity contribution in [2.75, 3.05) is 5.75 Å². The van der Waals surface area contributed by atoms with E-state index in [0.29, 0.717) is 5.78 Å². The van der Waals surface area contributed by atoms with Gasteiger partial charge in [-0.05, 0) is 38.4 Å². The van der Waals surface area contributed by atoms with Crippen molar-refractivity contribution in [1.82, 2.24) is 0 Å². The van der Waals surface area contributed by atoms with Crippen molar-refractivity contribution in [1.29, 1.82) is 0 Å². The van der Waals surface area contributed by atoms with Gasteiger partial charge in [0.25, 0.3) is 0 Å². The lowest BCUT2D eigenvalue weighted by atomic mass is 10.1. The first kappa shape index (κ1) is 11.1. The van der Waals surface area contributed by atoms with Crippen LogP contribution in [0, 0.1) is 0 Å². The minimum Gasteiger partial charge on any atom is -0.300 e. The van der Waals surface area contributed by atoms with Gasteiger partial charge < -0.3 is 4.79 Å². The van der Waals surface area contributed by atoms with E-state index in [4.69, 9.17) is 0 Å². The van der Waals surface area contributed by atoms with Gasteiger partial charge in [0, 0.05) is 11.7 Å². The molecule has 1 saturated heterocycles. The molecule has 1 nitrogen and oxygen atoms in total. The molecule has 1 heterocycles. The third-order valence-corrected chi connectivity index (χ3v) is 4.05. The maximum Gasteiger partial charge on any atom is 0.129 e. The van der Waals surface area contributed by atoms with E-state index in [9.17, 15) is 4.79 Å². The van der Waals surface area contributed by atoms with Crippen molar-refractivity contribution >= 4 is 17.5 Å². The standard InChI is InChI=1S/C11H20OS/c1-10(12)6-3-2-4-7-11-8-5-9-13-11/h11H,2-9H2,1H3. The molecule has 76 valence electrons. The minimum atomic E-state index is 0.343. The Kier molecular flexibility index (Phi) is 5.52. The van der Waals surface area contributed by atoms with Gasteiger partial charge in [-0.1, -0.05) is 12.8 Å². The van der Waals surface area contributed by atoms with E-state index in [2.05, 4.69) is 11.8 Å². The average molecular weight is 200 g/mol. The quantitative estimate of drug-likeness (QED) is 0.611. The van der Waals surface area contributed by atoms with Crippen LogP contribution in [0.2, 0.25) is 0 Å². The van der Waals surface area contributed by atoms with Gasteiger partial charge in [0.2, 0.25) is 0 Å². The van der Waals surface area contributed by atoms with Crippen molar-refractivity contribution in [2.24, 2.45) is 0 Å². The normalized spacial score (nSPS) is 22.1. The molecule has 0 aromatic heterocycles. The monoisotopic (exact) mass is 200 g/mol. The molecule has 0 spiro atoms. The fourth-order valence-corrected chi connectivity index (χ4v) is 3.13. The first-order valence-corrected chi connectivity index (χ1v) is 6.45. The largest absolute Gasteiger partial charge is 0.300 e. The van der Waals surface area contributed by atoms with Crippen LogP contribution in [0.5, 0.6) is 0 Å². The topological polar surface area (TPSA) is 17.1 Å². The summed E-state index contributed by atoms with van der Waals surface area (Å²) in [6.07, 6.45) is 8.69. The van der Waals surface area contributed by atoms with Gasteiger partial charge in [0.15, 0.2) is 0 Å². The molecule has 0 aromatic carbocycles. The number of unbranched alkanes of at least 4 members (excludes halogenated alkanes) is 2. The average Bonchev–Trinajstić information content (AvgIpc) is 2.55. The van der Waals surface area contributed by atoms with Crippen LogP contribution in [0.1, 0.15) is 51.9 Å². The highest BCUT2D eigenvalue weighted by Crippen LogP contribution is 2.30. The van der Waals surface area contributed by atoms with Crippen LogP contribution in [0.3, 0.4) is 0 Å². The molecule has 0 bridgehead atoms. The number of carbonyl (C=O) groups excluding carboxylic acids is 1. The Balaban J connectivity index is 1.86. The van der Waals surface area contributed by atoms with Crippen molar-refractivity contribution in [2.45, 2.75) is 57.1 Å². The number of thioether (sulfide) groups is 1. The molecule has 0 aromatic rings. The van der Waals surface area contributed by atoms with Crippen LogP contribution in [0.4, 0.5) is 0 Å². The SMILES string of the molecule is CC(=O)CCCCCC1CCCS1. The molecule has 2 heteroatoms. The zero-order chi connectivity index (χ0) is 9.52. The molecule has 1 aliphatic rings. The molecule has 0 amide bonds. The molecular formula is C11H20OS. The van der Waals surface area contributed by atoms with Gasteiger partial charge in [-0.15, -0.1) is 0 Å². The van der Waals surface area contributed by atoms with Gasteiger partial charge in [-0.25, -0.2) is 0 Å². The summed E-state index contributed by atoms with van der Waals surface area (Å²) in [5.74, 6) is 1.72. The summed E-state index contributed by atoms with van der Waals surface area (Å²) in [6.45, 7) is 1.69. The molecule has 0 saturated carbocycles. The van der Waals surface area contributed by atoms with E-state index in [1.54, 1.807) is 6.92 Å². The van der Waals surface area contributed by atoms with Gasteiger partial charge in [0.05, 0.1) is 0 Å². The first-order valence-electron chi connectivity index (χ1n) is 5.40. The lowest BCUT2D eigenvalue weighted by Crippen LogP contribution is -1.96. The van der Waals surface area contributed by atoms with Gasteiger partial charge >= 0.3 is 0 Å². The summed E-state index contributed by atoms with van der Waals surface area (Å²) < 4.78 is 0. The highest BCUT2D eigenvalue weighted by molar-refractivity contribution is 8.00. The molecule has 0 radical (unpaired) electrons. The smallest absolute Gasteiger partial charge is 0.129 e. The van der Waals surface area contributed by atoms with Crippen LogP contribution in [-0.4, -0.2) is 16.8 Å². The molecule has 1 fully saturated rings. The number of ketones is 1. The molecule has 0 N–H and O–H groups in total. The molecule has 1 unspecified atom stereocenters. The zero-order valence-electron chi connectivity index (χ0n) is 8.55. The van der Waals surface area contributed by atoms with Crippen LogP contribution in [0.25, 0.3) is 0 Å². The highest BCUT2D eigenvalue weighted by atomic mass is 32.2. The molecule has 0 aliphatic carbocycles. The fraction of sp³-hybridized carbons (Fsp3) is 0.909. The van der Waals surface area contributed by atoms with Crippen LogP contribution in [-0.2, 0) is 4.79 Å². The summed E-state index contributed by atoms with van der Waals surface area (Å²) in [4.78, 5) is 10.7. The number of carbonyl (C=O) groups is 1. The van der Waals surface area contributed by atoms with E-state index in [1.807, 2.05) is 0 Å². The van der Waals surface area contributed by atoms with Crippen molar-refractivity contribution < 1.29 is 4.79 Å². The lowest BCUT2D eigenvalue weighted by Gasteiger charge is -2.06. The van der Waals surface area contributed by atoms with Crippen molar-refractivity contribution in [3.8, 4) is 0 Å². The van der Waals surface area contributed by atoms with E-state index in [0.717, 1.165) is 18.1 Å². The Morgan fingerprint density at radius 3 is 2.85 bits per heavy atom. The summed E-state index contributed by atoms with van der Waals surface area (Å²) in [6, 6.07) is 0. The van der Waals surface area contributed by atoms with E-state index in [-0.39, 0.29) is 0 Å². The molecule has 1 aliphatic heterocycles.